The van der Waals surface area contributed by atoms with Gasteiger partial charge < -0.3 is 9.84 Å². The van der Waals surface area contributed by atoms with Crippen molar-refractivity contribution in [2.75, 3.05) is 7.11 Å². The monoisotopic (exact) mass is 292 g/mol. The molecule has 0 bridgehead atoms. The van der Waals surface area contributed by atoms with Crippen LogP contribution >= 0.6 is 11.3 Å². The predicted molar refractivity (Wildman–Crippen MR) is 77.7 cm³/mol. The number of nitrogens with one attached hydrogen (secondary N) is 1. The molecule has 2 aromatic rings. The summed E-state index contributed by atoms with van der Waals surface area (Å²) in [5.74, 6) is 0.695. The van der Waals surface area contributed by atoms with E-state index in [4.69, 9.17) is 4.74 Å². The molecule has 0 fully saturated rings. The van der Waals surface area contributed by atoms with Gasteiger partial charge in [0.25, 0.3) is 5.56 Å². The number of ether oxygens (including phenoxy) is 1. The average Bonchev–Trinajstić information content (AvgIpc) is 2.38. The molecule has 2 N–H and O–H groups in total. The smallest absolute Gasteiger partial charge is 0.310 e. The molecule has 0 radical (unpaired) electrons. The fraction of sp³-hybridized carbons (Fsp3) is 0.154. The highest BCUT2D eigenvalue weighted by Crippen LogP contribution is 2.21. The Kier molecular flexibility index (Phi) is 3.99. The highest BCUT2D eigenvalue weighted by molar-refractivity contribution is 7.11. The molecule has 0 amide bonds. The van der Waals surface area contributed by atoms with Crippen molar-refractivity contribution in [3.05, 3.63) is 49.9 Å². The zero-order valence-corrected chi connectivity index (χ0v) is 11.7. The van der Waals surface area contributed by atoms with E-state index in [0.29, 0.717) is 28.5 Å². The second-order valence-electron chi connectivity index (χ2n) is 3.92. The van der Waals surface area contributed by atoms with Gasteiger partial charge in [0.05, 0.1) is 18.5 Å². The molecule has 2 rings (SSSR count). The fourth-order valence-corrected chi connectivity index (χ4v) is 2.30. The Morgan fingerprint density at radius 2 is 1.95 bits per heavy atom. The third kappa shape index (κ3) is 2.94. The molecule has 1 aromatic heterocycles. The molecule has 6 nitrogen and oxygen atoms in total. The number of H-pyrrole nitrogens is 1. The molecule has 0 spiro atoms. The molecule has 1 aromatic carbocycles. The van der Waals surface area contributed by atoms with Crippen molar-refractivity contribution in [3.8, 4) is 10.8 Å². The summed E-state index contributed by atoms with van der Waals surface area (Å²) >= 11 is 0.562. The molecule has 7 heteroatoms. The van der Waals surface area contributed by atoms with Crippen LogP contribution in [0.5, 0.6) is 10.8 Å². The van der Waals surface area contributed by atoms with Gasteiger partial charge in [-0.05, 0) is 42.5 Å². The maximum atomic E-state index is 11.7. The second-order valence-corrected chi connectivity index (χ2v) is 4.88. The van der Waals surface area contributed by atoms with Gasteiger partial charge in [-0.3, -0.25) is 19.6 Å². The molecule has 1 heterocycles. The van der Waals surface area contributed by atoms with Crippen LogP contribution < -0.4 is 15.2 Å². The quantitative estimate of drug-likeness (QED) is 0.841. The first-order chi connectivity index (χ1) is 9.51. The van der Waals surface area contributed by atoms with Gasteiger partial charge in [-0.1, -0.05) is 0 Å². The van der Waals surface area contributed by atoms with Gasteiger partial charge in [0, 0.05) is 0 Å². The van der Waals surface area contributed by atoms with Crippen molar-refractivity contribution in [2.24, 2.45) is 4.99 Å². The van der Waals surface area contributed by atoms with E-state index < -0.39 is 10.4 Å². The lowest BCUT2D eigenvalue weighted by Gasteiger charge is -2.03. The number of methoxy groups -OCH3 is 1. The minimum Gasteiger partial charge on any atom is -0.499 e. The lowest BCUT2D eigenvalue weighted by Crippen LogP contribution is -2.22. The molecule has 0 unspecified atom stereocenters. The van der Waals surface area contributed by atoms with Gasteiger partial charge in [0.15, 0.2) is 5.06 Å². The average molecular weight is 292 g/mol. The van der Waals surface area contributed by atoms with Crippen LogP contribution in [0, 0.1) is 0 Å². The van der Waals surface area contributed by atoms with Crippen molar-refractivity contribution in [3.63, 3.8) is 0 Å². The van der Waals surface area contributed by atoms with Crippen LogP contribution in [0.15, 0.2) is 38.8 Å². The van der Waals surface area contributed by atoms with E-state index in [2.05, 4.69) is 9.98 Å². The molecular formula is C13H12N2O4S. The number of aromatic amines is 1. The highest BCUT2D eigenvalue weighted by atomic mass is 32.1. The highest BCUT2D eigenvalue weighted by Gasteiger charge is 2.12. The molecule has 0 aliphatic rings. The number of benzene rings is 1. The van der Waals surface area contributed by atoms with Crippen LogP contribution in [-0.2, 0) is 0 Å². The number of aliphatic imine (C=N–C) groups is 1. The summed E-state index contributed by atoms with van der Waals surface area (Å²) in [7, 11) is 1.56. The Balaban J connectivity index is 2.44. The Bertz CT molecular complexity index is 759. The van der Waals surface area contributed by atoms with E-state index in [1.807, 2.05) is 0 Å². The summed E-state index contributed by atoms with van der Waals surface area (Å²) in [5.41, 5.74) is 0.287. The molecule has 0 saturated heterocycles. The van der Waals surface area contributed by atoms with Crippen molar-refractivity contribution >= 4 is 22.7 Å². The molecule has 0 aliphatic heterocycles. The van der Waals surface area contributed by atoms with Crippen LogP contribution in [0.3, 0.4) is 0 Å². The fourth-order valence-electron chi connectivity index (χ4n) is 1.64. The number of nitrogens with zero attached hydrogens (tertiary/aromatic N) is 1. The lowest BCUT2D eigenvalue weighted by molar-refractivity contribution is 0.415. The van der Waals surface area contributed by atoms with Crippen LogP contribution in [-0.4, -0.2) is 22.9 Å². The molecule has 20 heavy (non-hydrogen) atoms. The zero-order valence-electron chi connectivity index (χ0n) is 10.8. The van der Waals surface area contributed by atoms with Crippen LogP contribution in [0.4, 0.5) is 5.69 Å². The van der Waals surface area contributed by atoms with E-state index >= 15 is 0 Å². The third-order valence-electron chi connectivity index (χ3n) is 2.58. The molecule has 0 aliphatic carbocycles. The summed E-state index contributed by atoms with van der Waals surface area (Å²) < 4.78 is 5.03. The van der Waals surface area contributed by atoms with Crippen LogP contribution in [0.2, 0.25) is 0 Å². The maximum absolute atomic E-state index is 11.7. The molecule has 0 atom stereocenters. The standard InChI is InChI=1S/C13H12N2O4S/c1-7(10-11(16)15-13(18)20-12(10)17)14-8-3-5-9(19-2)6-4-8/h3-6,17H,1-2H3,(H,15,16,18). The van der Waals surface area contributed by atoms with Gasteiger partial charge in [0.1, 0.15) is 11.3 Å². The third-order valence-corrected chi connectivity index (χ3v) is 3.26. The maximum Gasteiger partial charge on any atom is 0.310 e. The first-order valence-corrected chi connectivity index (χ1v) is 6.49. The van der Waals surface area contributed by atoms with E-state index in [-0.39, 0.29) is 10.6 Å². The molecule has 0 saturated carbocycles. The number of rotatable bonds is 3. The number of hydrogen-bond donors (Lipinski definition) is 2. The Hall–Kier alpha value is -2.41. The van der Waals surface area contributed by atoms with Gasteiger partial charge in [-0.2, -0.15) is 0 Å². The van der Waals surface area contributed by atoms with Gasteiger partial charge >= 0.3 is 4.87 Å². The van der Waals surface area contributed by atoms with Gasteiger partial charge in [0.2, 0.25) is 0 Å². The topological polar surface area (TPSA) is 91.8 Å². The minimum atomic E-state index is -0.652. The number of aromatic nitrogens is 1. The van der Waals surface area contributed by atoms with Crippen molar-refractivity contribution in [1.29, 1.82) is 0 Å². The van der Waals surface area contributed by atoms with Crippen LogP contribution in [0.25, 0.3) is 0 Å². The number of aromatic hydroxyl groups is 1. The van der Waals surface area contributed by atoms with E-state index in [1.165, 1.54) is 0 Å². The van der Waals surface area contributed by atoms with Crippen molar-refractivity contribution < 1.29 is 9.84 Å². The first kappa shape index (κ1) is 14.0. The van der Waals surface area contributed by atoms with E-state index in [1.54, 1.807) is 38.3 Å². The minimum absolute atomic E-state index is 0.00502. The summed E-state index contributed by atoms with van der Waals surface area (Å²) in [6.07, 6.45) is 0. The SMILES string of the molecule is COc1ccc(N=C(C)c2c(O)sc(=O)[nH]c2=O)cc1. The van der Waals surface area contributed by atoms with Crippen molar-refractivity contribution in [1.82, 2.24) is 4.98 Å². The summed E-state index contributed by atoms with van der Waals surface area (Å²) in [5, 5.41) is 9.36. The van der Waals surface area contributed by atoms with E-state index in [9.17, 15) is 14.7 Å². The lowest BCUT2D eigenvalue weighted by atomic mass is 10.2. The second kappa shape index (κ2) is 5.70. The summed E-state index contributed by atoms with van der Waals surface area (Å²) in [6.45, 7) is 1.59. The molecular weight excluding hydrogens is 280 g/mol. The normalized spacial score (nSPS) is 11.4. The predicted octanol–water partition coefficient (Wildman–Crippen LogP) is 1.65. The van der Waals surface area contributed by atoms with Gasteiger partial charge in [-0.15, -0.1) is 0 Å². The molecule has 104 valence electrons. The van der Waals surface area contributed by atoms with Gasteiger partial charge in [-0.25, -0.2) is 0 Å². The Morgan fingerprint density at radius 3 is 2.50 bits per heavy atom. The summed E-state index contributed by atoms with van der Waals surface area (Å²) in [6, 6.07) is 6.91. The van der Waals surface area contributed by atoms with Crippen molar-refractivity contribution in [2.45, 2.75) is 6.92 Å². The Labute approximate surface area is 118 Å². The Morgan fingerprint density at radius 1 is 1.30 bits per heavy atom. The van der Waals surface area contributed by atoms with E-state index in [0.717, 1.165) is 0 Å². The van der Waals surface area contributed by atoms with Crippen LogP contribution in [0.1, 0.15) is 12.5 Å². The summed E-state index contributed by atoms with van der Waals surface area (Å²) in [4.78, 5) is 28.5. The zero-order chi connectivity index (χ0) is 14.7. The number of hydrogen-bond acceptors (Lipinski definition) is 6. The largest absolute Gasteiger partial charge is 0.499 e. The first-order valence-electron chi connectivity index (χ1n) is 5.67.